The van der Waals surface area contributed by atoms with Crippen molar-refractivity contribution >= 4 is 25.9 Å². The number of unbranched alkanes of at least 4 members (excludes halogenated alkanes) is 3. The van der Waals surface area contributed by atoms with E-state index >= 15 is 0 Å². The van der Waals surface area contributed by atoms with Gasteiger partial charge in [0.1, 0.15) is 0 Å². The van der Waals surface area contributed by atoms with Crippen LogP contribution in [0.4, 0.5) is 0 Å². The Bertz CT molecular complexity index is 391. The molecule has 0 aromatic rings. The molecule has 3 fully saturated rings. The topological polar surface area (TPSA) is 21.8 Å². The normalized spacial score (nSPS) is 33.5. The van der Waals surface area contributed by atoms with E-state index in [0.717, 1.165) is 24.4 Å². The van der Waals surface area contributed by atoms with Crippen molar-refractivity contribution in [2.75, 3.05) is 12.5 Å². The van der Waals surface area contributed by atoms with Crippen LogP contribution in [0.1, 0.15) is 78.6 Å². The van der Waals surface area contributed by atoms with Crippen LogP contribution in [0.25, 0.3) is 0 Å². The molecular formula is C21H40O2SSn. The van der Waals surface area contributed by atoms with Crippen molar-refractivity contribution in [3.63, 3.8) is 0 Å². The van der Waals surface area contributed by atoms with Crippen LogP contribution in [0.15, 0.2) is 0 Å². The molecule has 0 aromatic carbocycles. The van der Waals surface area contributed by atoms with E-state index < -0.39 is 17.0 Å². The molecule has 0 radical (unpaired) electrons. The summed E-state index contributed by atoms with van der Waals surface area (Å²) in [5, 5.41) is 0. The van der Waals surface area contributed by atoms with Crippen LogP contribution in [0, 0.1) is 11.8 Å². The number of hydrogen-bond acceptors (Lipinski definition) is 3. The molecule has 1 saturated heterocycles. The van der Waals surface area contributed by atoms with Gasteiger partial charge in [-0.15, -0.1) is 0 Å². The number of epoxide rings is 1. The van der Waals surface area contributed by atoms with E-state index in [9.17, 15) is 0 Å². The second-order valence-electron chi connectivity index (χ2n) is 8.86. The van der Waals surface area contributed by atoms with E-state index in [4.69, 9.17) is 9.47 Å². The van der Waals surface area contributed by atoms with Gasteiger partial charge in [-0.25, -0.2) is 0 Å². The van der Waals surface area contributed by atoms with Crippen LogP contribution >= 0.6 is 8.95 Å². The molecule has 25 heavy (non-hydrogen) atoms. The Balaban J connectivity index is 1.55. The molecule has 146 valence electrons. The van der Waals surface area contributed by atoms with E-state index in [-0.39, 0.29) is 5.60 Å². The maximum atomic E-state index is 6.60. The van der Waals surface area contributed by atoms with Crippen molar-refractivity contribution in [3.8, 4) is 0 Å². The second-order valence-corrected chi connectivity index (χ2v) is 28.7. The predicted octanol–water partition coefficient (Wildman–Crippen LogP) is 6.61. The van der Waals surface area contributed by atoms with Gasteiger partial charge >= 0.3 is 163 Å². The summed E-state index contributed by atoms with van der Waals surface area (Å²) in [7, 11) is 2.36. The third-order valence-corrected chi connectivity index (χ3v) is 29.2. The summed E-state index contributed by atoms with van der Waals surface area (Å²) in [5.74, 6) is 2.60. The Hall–Kier alpha value is 1.07. The van der Waals surface area contributed by atoms with Crippen LogP contribution in [0.5, 0.6) is 0 Å². The van der Waals surface area contributed by atoms with E-state index in [1.807, 2.05) is 0 Å². The number of hydrogen-bond donors (Lipinski definition) is 0. The first-order chi connectivity index (χ1) is 12.2. The Labute approximate surface area is 162 Å². The first-order valence-electron chi connectivity index (χ1n) is 11.1. The van der Waals surface area contributed by atoms with Crippen molar-refractivity contribution in [3.05, 3.63) is 0 Å². The summed E-state index contributed by atoms with van der Waals surface area (Å²) in [6.07, 6.45) is 13.1. The zero-order chi connectivity index (χ0) is 17.8. The van der Waals surface area contributed by atoms with Crippen molar-refractivity contribution < 1.29 is 9.47 Å². The molecule has 3 aliphatic rings. The molecule has 4 heteroatoms. The quantitative estimate of drug-likeness (QED) is 0.170. The van der Waals surface area contributed by atoms with Gasteiger partial charge in [-0.2, -0.15) is 0 Å². The fourth-order valence-electron chi connectivity index (χ4n) is 5.45. The minimum absolute atomic E-state index is 0.178. The standard InChI is InChI=1S/C9H14O2S.3C4H9.Sn/c12-5-10-8-6-1-2-7(3-6)9(8)4-11-9;3*1-3-4-2;/h6-8,12H,1-5H2;3*1,3-4H2,2H3;/q;;;;+1/p-1. The van der Waals surface area contributed by atoms with Gasteiger partial charge in [-0.3, -0.25) is 0 Å². The van der Waals surface area contributed by atoms with Gasteiger partial charge in [0.05, 0.1) is 0 Å². The zero-order valence-electron chi connectivity index (χ0n) is 16.9. The van der Waals surface area contributed by atoms with E-state index in [0.29, 0.717) is 6.10 Å². The third-order valence-electron chi connectivity index (χ3n) is 7.12. The fourth-order valence-corrected chi connectivity index (χ4v) is 26.4. The van der Waals surface area contributed by atoms with Gasteiger partial charge in [-0.05, 0) is 0 Å². The molecule has 1 spiro atoms. The zero-order valence-corrected chi connectivity index (χ0v) is 20.5. The molecule has 2 aliphatic carbocycles. The Morgan fingerprint density at radius 1 is 1.00 bits per heavy atom. The monoisotopic (exact) mass is 476 g/mol. The summed E-state index contributed by atoms with van der Waals surface area (Å²) in [6.45, 7) is 8.07. The predicted molar refractivity (Wildman–Crippen MR) is 112 cm³/mol. The average molecular weight is 475 g/mol. The molecule has 0 amide bonds. The van der Waals surface area contributed by atoms with Crippen LogP contribution in [-0.4, -0.2) is 41.2 Å². The summed E-state index contributed by atoms with van der Waals surface area (Å²) in [5.41, 5.74) is 0.178. The molecule has 1 heterocycles. The Morgan fingerprint density at radius 2 is 1.60 bits per heavy atom. The SMILES string of the molecule is CCC[CH2][Sn]([CH2]CCC)([CH2]CCC)[S]COC1C2CCC(C2)C12CO2. The average Bonchev–Trinajstić information content (AvgIpc) is 3.17. The second kappa shape index (κ2) is 9.51. The van der Waals surface area contributed by atoms with E-state index in [1.54, 1.807) is 13.3 Å². The van der Waals surface area contributed by atoms with Crippen LogP contribution in [-0.2, 0) is 9.47 Å². The molecule has 0 N–H and O–H groups in total. The Kier molecular flexibility index (Phi) is 7.91. The van der Waals surface area contributed by atoms with Gasteiger partial charge in [0.25, 0.3) is 0 Å². The van der Waals surface area contributed by atoms with Crippen molar-refractivity contribution in [2.45, 2.75) is 104 Å². The van der Waals surface area contributed by atoms with Gasteiger partial charge in [0.2, 0.25) is 0 Å². The van der Waals surface area contributed by atoms with Gasteiger partial charge in [0.15, 0.2) is 0 Å². The van der Waals surface area contributed by atoms with Crippen molar-refractivity contribution in [1.29, 1.82) is 0 Å². The van der Waals surface area contributed by atoms with Gasteiger partial charge in [0, 0.05) is 0 Å². The first kappa shape index (κ1) is 20.8. The van der Waals surface area contributed by atoms with Gasteiger partial charge < -0.3 is 0 Å². The summed E-state index contributed by atoms with van der Waals surface area (Å²) in [4.78, 5) is 0. The summed E-state index contributed by atoms with van der Waals surface area (Å²) < 4.78 is 17.3. The summed E-state index contributed by atoms with van der Waals surface area (Å²) in [6, 6.07) is 0. The molecule has 4 unspecified atom stereocenters. The fraction of sp³-hybridized carbons (Fsp3) is 1.00. The number of rotatable bonds is 13. The molecule has 1 aliphatic heterocycles. The van der Waals surface area contributed by atoms with Crippen molar-refractivity contribution in [2.24, 2.45) is 11.8 Å². The first-order valence-corrected chi connectivity index (χ1v) is 21.6. The number of ether oxygens (including phenoxy) is 2. The van der Waals surface area contributed by atoms with Crippen LogP contribution < -0.4 is 0 Å². The minimum atomic E-state index is -2.09. The van der Waals surface area contributed by atoms with Crippen LogP contribution in [0.2, 0.25) is 13.3 Å². The van der Waals surface area contributed by atoms with Crippen molar-refractivity contribution in [1.82, 2.24) is 0 Å². The van der Waals surface area contributed by atoms with E-state index in [2.05, 4.69) is 29.7 Å². The van der Waals surface area contributed by atoms with Crippen LogP contribution in [0.3, 0.4) is 0 Å². The molecule has 0 aromatic heterocycles. The van der Waals surface area contributed by atoms with Gasteiger partial charge in [-0.1, -0.05) is 0 Å². The summed E-state index contributed by atoms with van der Waals surface area (Å²) >= 11 is -2.09. The van der Waals surface area contributed by atoms with E-state index in [1.165, 1.54) is 57.8 Å². The molecule has 2 bridgehead atoms. The molecule has 4 atom stereocenters. The third kappa shape index (κ3) is 4.74. The molecular weight excluding hydrogens is 435 g/mol. The molecule has 3 rings (SSSR count). The molecule has 2 nitrogen and oxygen atoms in total. The maximum absolute atomic E-state index is 6.60. The Morgan fingerprint density at radius 3 is 2.12 bits per heavy atom. The number of fused-ring (bicyclic) bond motifs is 3. The molecule has 2 saturated carbocycles.